The Morgan fingerprint density at radius 3 is 2.58 bits per heavy atom. The third-order valence-electron chi connectivity index (χ3n) is 4.83. The molecule has 140 valence electrons. The van der Waals surface area contributed by atoms with Crippen LogP contribution >= 0.6 is 12.4 Å². The van der Waals surface area contributed by atoms with Crippen LogP contribution in [0.25, 0.3) is 0 Å². The Balaban J connectivity index is 0.00000243. The number of hydrogen-bond acceptors (Lipinski definition) is 4. The minimum atomic E-state index is 0. The van der Waals surface area contributed by atoms with Crippen molar-refractivity contribution in [2.75, 3.05) is 19.7 Å². The normalized spacial score (nSPS) is 19.8. The maximum absolute atomic E-state index is 11.7. The van der Waals surface area contributed by atoms with E-state index in [0.717, 1.165) is 36.5 Å². The number of Topliss-reactive ketones (excluding diaryl/α,β-unsaturated/α-hetero) is 1. The van der Waals surface area contributed by atoms with Crippen LogP contribution in [0.5, 0.6) is 5.75 Å². The zero-order chi connectivity index (χ0) is 17.8. The maximum Gasteiger partial charge on any atom is 0.159 e. The summed E-state index contributed by atoms with van der Waals surface area (Å²) in [6.07, 6.45) is 0. The molecule has 26 heavy (non-hydrogen) atoms. The van der Waals surface area contributed by atoms with Crippen molar-refractivity contribution in [3.8, 4) is 5.75 Å². The highest BCUT2D eigenvalue weighted by molar-refractivity contribution is 5.94. The van der Waals surface area contributed by atoms with E-state index in [4.69, 9.17) is 10.5 Å². The molecule has 2 N–H and O–H groups in total. The van der Waals surface area contributed by atoms with E-state index in [0.29, 0.717) is 12.5 Å². The number of ketones is 1. The molecule has 0 aromatic heterocycles. The summed E-state index contributed by atoms with van der Waals surface area (Å²) in [5.41, 5.74) is 9.47. The lowest BCUT2D eigenvalue weighted by Crippen LogP contribution is -2.28. The third kappa shape index (κ3) is 4.64. The molecule has 0 bridgehead atoms. The fraction of sp³-hybridized carbons (Fsp3) is 0.381. The second kappa shape index (κ2) is 9.17. The molecule has 2 aromatic carbocycles. The Labute approximate surface area is 161 Å². The lowest BCUT2D eigenvalue weighted by Gasteiger charge is -2.19. The quantitative estimate of drug-likeness (QED) is 0.784. The first-order chi connectivity index (χ1) is 12.1. The van der Waals surface area contributed by atoms with Crippen molar-refractivity contribution in [3.05, 3.63) is 65.2 Å². The summed E-state index contributed by atoms with van der Waals surface area (Å²) in [6.45, 7) is 6.68. The lowest BCUT2D eigenvalue weighted by molar-refractivity contribution is 0.101. The Morgan fingerprint density at radius 1 is 1.19 bits per heavy atom. The molecule has 0 saturated carbocycles. The monoisotopic (exact) mass is 374 g/mol. The number of carbonyl (C=O) groups excluding carboxylic acids is 1. The number of nitrogens with two attached hydrogens (primary N) is 1. The van der Waals surface area contributed by atoms with Crippen molar-refractivity contribution in [2.24, 2.45) is 5.73 Å². The number of likely N-dealkylation sites (tertiary alicyclic amines) is 1. The van der Waals surface area contributed by atoms with Crippen molar-refractivity contribution in [1.82, 2.24) is 4.90 Å². The number of hydrogen-bond donors (Lipinski definition) is 1. The van der Waals surface area contributed by atoms with Crippen molar-refractivity contribution >= 4 is 18.2 Å². The maximum atomic E-state index is 11.7. The molecule has 1 aliphatic heterocycles. The highest BCUT2D eigenvalue weighted by Crippen LogP contribution is 2.29. The Bertz CT molecular complexity index is 736. The van der Waals surface area contributed by atoms with Gasteiger partial charge < -0.3 is 10.5 Å². The number of halogens is 1. The molecule has 2 aromatic rings. The second-order valence-electron chi connectivity index (χ2n) is 6.69. The molecule has 3 rings (SSSR count). The van der Waals surface area contributed by atoms with E-state index in [-0.39, 0.29) is 24.2 Å². The molecule has 2 atom stereocenters. The van der Waals surface area contributed by atoms with Crippen molar-refractivity contribution in [2.45, 2.75) is 32.4 Å². The van der Waals surface area contributed by atoms with Crippen LogP contribution in [-0.2, 0) is 6.54 Å². The lowest BCUT2D eigenvalue weighted by atomic mass is 9.95. The molecule has 0 spiro atoms. The summed E-state index contributed by atoms with van der Waals surface area (Å²) < 4.78 is 5.75. The summed E-state index contributed by atoms with van der Waals surface area (Å²) in [6, 6.07) is 16.3. The molecule has 1 aliphatic rings. The van der Waals surface area contributed by atoms with Crippen LogP contribution in [0.1, 0.15) is 41.3 Å². The van der Waals surface area contributed by atoms with E-state index < -0.39 is 0 Å². The molecule has 1 heterocycles. The fourth-order valence-electron chi connectivity index (χ4n) is 3.55. The average molecular weight is 375 g/mol. The topological polar surface area (TPSA) is 55.6 Å². The van der Waals surface area contributed by atoms with Crippen LogP contribution in [0, 0.1) is 0 Å². The van der Waals surface area contributed by atoms with Gasteiger partial charge in [0.2, 0.25) is 0 Å². The van der Waals surface area contributed by atoms with Gasteiger partial charge in [-0.25, -0.2) is 0 Å². The van der Waals surface area contributed by atoms with E-state index in [9.17, 15) is 4.79 Å². The molecule has 1 fully saturated rings. The first-order valence-electron chi connectivity index (χ1n) is 8.88. The molecule has 0 unspecified atom stereocenters. The van der Waals surface area contributed by atoms with Crippen LogP contribution < -0.4 is 10.5 Å². The van der Waals surface area contributed by atoms with Gasteiger partial charge in [0.05, 0.1) is 6.61 Å². The summed E-state index contributed by atoms with van der Waals surface area (Å²) >= 11 is 0. The molecular weight excluding hydrogens is 348 g/mol. The van der Waals surface area contributed by atoms with Gasteiger partial charge in [-0.05, 0) is 37.6 Å². The van der Waals surface area contributed by atoms with Gasteiger partial charge in [-0.2, -0.15) is 0 Å². The Kier molecular flexibility index (Phi) is 7.21. The number of carbonyl (C=O) groups is 1. The van der Waals surface area contributed by atoms with Gasteiger partial charge in [0.1, 0.15) is 5.75 Å². The predicted molar refractivity (Wildman–Crippen MR) is 107 cm³/mol. The Morgan fingerprint density at radius 2 is 1.92 bits per heavy atom. The smallest absolute Gasteiger partial charge is 0.159 e. The van der Waals surface area contributed by atoms with Crippen LogP contribution in [0.2, 0.25) is 0 Å². The van der Waals surface area contributed by atoms with E-state index in [1.807, 2.05) is 31.2 Å². The first-order valence-corrected chi connectivity index (χ1v) is 8.88. The number of nitrogens with zero attached hydrogens (tertiary/aromatic N) is 1. The molecule has 0 radical (unpaired) electrons. The number of rotatable bonds is 6. The van der Waals surface area contributed by atoms with Gasteiger partial charge in [0.15, 0.2) is 5.78 Å². The van der Waals surface area contributed by atoms with Crippen LogP contribution in [-0.4, -0.2) is 36.4 Å². The van der Waals surface area contributed by atoms with Crippen LogP contribution in [0.3, 0.4) is 0 Å². The minimum Gasteiger partial charge on any atom is -0.494 e. The van der Waals surface area contributed by atoms with Crippen molar-refractivity contribution in [1.29, 1.82) is 0 Å². The molecule has 0 amide bonds. The van der Waals surface area contributed by atoms with E-state index in [1.54, 1.807) is 6.92 Å². The van der Waals surface area contributed by atoms with Gasteiger partial charge in [0.25, 0.3) is 0 Å². The SMILES string of the molecule is CCOc1ccc(C(C)=O)cc1CN1C[C@@H](N)[C@H](c2ccccc2)C1.Cl. The number of benzene rings is 2. The third-order valence-corrected chi connectivity index (χ3v) is 4.83. The number of ether oxygens (including phenoxy) is 1. The van der Waals surface area contributed by atoms with E-state index in [1.165, 1.54) is 5.56 Å². The van der Waals surface area contributed by atoms with Crippen LogP contribution in [0.15, 0.2) is 48.5 Å². The molecule has 0 aliphatic carbocycles. The van der Waals surface area contributed by atoms with Gasteiger partial charge in [-0.3, -0.25) is 9.69 Å². The zero-order valence-corrected chi connectivity index (χ0v) is 16.2. The van der Waals surface area contributed by atoms with Gasteiger partial charge >= 0.3 is 0 Å². The van der Waals surface area contributed by atoms with Crippen LogP contribution in [0.4, 0.5) is 0 Å². The highest BCUT2D eigenvalue weighted by atomic mass is 35.5. The first kappa shape index (κ1) is 20.4. The second-order valence-corrected chi connectivity index (χ2v) is 6.69. The molecule has 5 heteroatoms. The summed E-state index contributed by atoms with van der Waals surface area (Å²) in [4.78, 5) is 14.1. The van der Waals surface area contributed by atoms with Gasteiger partial charge in [0, 0.05) is 42.7 Å². The van der Waals surface area contributed by atoms with Crippen molar-refractivity contribution < 1.29 is 9.53 Å². The summed E-state index contributed by atoms with van der Waals surface area (Å²) in [5.74, 6) is 1.27. The van der Waals surface area contributed by atoms with E-state index >= 15 is 0 Å². The Hall–Kier alpha value is -1.88. The van der Waals surface area contributed by atoms with E-state index in [2.05, 4.69) is 29.2 Å². The summed E-state index contributed by atoms with van der Waals surface area (Å²) in [7, 11) is 0. The largest absolute Gasteiger partial charge is 0.494 e. The highest BCUT2D eigenvalue weighted by Gasteiger charge is 2.31. The zero-order valence-electron chi connectivity index (χ0n) is 15.4. The summed E-state index contributed by atoms with van der Waals surface area (Å²) in [5, 5.41) is 0. The fourth-order valence-corrected chi connectivity index (χ4v) is 3.55. The molecule has 4 nitrogen and oxygen atoms in total. The minimum absolute atomic E-state index is 0. The molecule has 1 saturated heterocycles. The molecular formula is C21H27ClN2O2. The van der Waals surface area contributed by atoms with Crippen molar-refractivity contribution in [3.63, 3.8) is 0 Å². The standard InChI is InChI=1S/C21H26N2O2.ClH/c1-3-25-21-10-9-17(15(2)24)11-18(21)12-23-13-19(20(22)14-23)16-7-5-4-6-8-16;/h4-11,19-20H,3,12-14,22H2,1-2H3;1H/t19-,20+;/m0./s1. The average Bonchev–Trinajstić information content (AvgIpc) is 2.97. The van der Waals surface area contributed by atoms with Gasteiger partial charge in [-0.15, -0.1) is 12.4 Å². The predicted octanol–water partition coefficient (Wildman–Crippen LogP) is 3.64. The van der Waals surface area contributed by atoms with Gasteiger partial charge in [-0.1, -0.05) is 30.3 Å².